The molecule has 0 amide bonds. The molecule has 0 aromatic carbocycles. The Morgan fingerprint density at radius 1 is 0.676 bits per heavy atom. The van der Waals surface area contributed by atoms with Crippen LogP contribution < -0.4 is 0 Å². The van der Waals surface area contributed by atoms with Crippen LogP contribution in [0.2, 0.25) is 0 Å². The molecule has 0 bridgehead atoms. The summed E-state index contributed by atoms with van der Waals surface area (Å²) in [6.45, 7) is 1.46. The van der Waals surface area contributed by atoms with Gasteiger partial charge in [0.05, 0.1) is 38.4 Å². The summed E-state index contributed by atoms with van der Waals surface area (Å²) in [5, 5.41) is 54.7. The molecule has 3 unspecified atom stereocenters. The second-order valence-corrected chi connectivity index (χ2v) is 7.89. The molecule has 14 heteroatoms. The number of aliphatic hydroxyl groups is 2. The van der Waals surface area contributed by atoms with Crippen molar-refractivity contribution in [2.75, 3.05) is 6.61 Å². The number of hydrogen-bond acceptors (Lipinski definition) is 10. The molecule has 0 saturated heterocycles. The van der Waals surface area contributed by atoms with Gasteiger partial charge in [0.2, 0.25) is 0 Å². The van der Waals surface area contributed by atoms with Crippen molar-refractivity contribution in [3.63, 3.8) is 0 Å². The second-order valence-electron chi connectivity index (χ2n) is 7.89. The van der Waals surface area contributed by atoms with Crippen molar-refractivity contribution in [2.24, 2.45) is 0 Å². The second kappa shape index (κ2) is 14.1. The summed E-state index contributed by atoms with van der Waals surface area (Å²) in [6.07, 6.45) is -2.44. The minimum absolute atomic E-state index is 0.0799. The highest BCUT2D eigenvalue weighted by molar-refractivity contribution is 5.89. The van der Waals surface area contributed by atoms with Crippen LogP contribution in [0.3, 0.4) is 0 Å². The van der Waals surface area contributed by atoms with E-state index < -0.39 is 78.8 Å². The SMILES string of the molecule is CC(CCCCCCOC(=O)CC(O)(CC(=O)O)C(=O)O)OC(=O)CC(O)(CC(=O)O)C(=O)O. The molecule has 3 atom stereocenters. The Kier molecular flexibility index (Phi) is 12.7. The quantitative estimate of drug-likeness (QED) is 0.106. The van der Waals surface area contributed by atoms with E-state index in [9.17, 15) is 39.0 Å². The topological polar surface area (TPSA) is 242 Å². The highest BCUT2D eigenvalue weighted by Gasteiger charge is 2.42. The molecule has 0 aromatic heterocycles. The summed E-state index contributed by atoms with van der Waals surface area (Å²) in [7, 11) is 0. The smallest absolute Gasteiger partial charge is 0.336 e. The molecule has 6 N–H and O–H groups in total. The van der Waals surface area contributed by atoms with E-state index in [1.54, 1.807) is 0 Å². The van der Waals surface area contributed by atoms with Gasteiger partial charge in [0.25, 0.3) is 0 Å². The third kappa shape index (κ3) is 12.1. The maximum absolute atomic E-state index is 11.8. The number of ether oxygens (including phenoxy) is 2. The van der Waals surface area contributed by atoms with Crippen LogP contribution in [0.4, 0.5) is 0 Å². The van der Waals surface area contributed by atoms with Crippen LogP contribution in [-0.4, -0.2) is 90.4 Å². The molecule has 0 aliphatic heterocycles. The van der Waals surface area contributed by atoms with E-state index in [0.717, 1.165) is 0 Å². The first-order chi connectivity index (χ1) is 15.6. The van der Waals surface area contributed by atoms with Crippen LogP contribution in [0, 0.1) is 0 Å². The Morgan fingerprint density at radius 3 is 1.56 bits per heavy atom. The van der Waals surface area contributed by atoms with Gasteiger partial charge in [0.15, 0.2) is 11.2 Å². The van der Waals surface area contributed by atoms with E-state index in [1.165, 1.54) is 6.92 Å². The van der Waals surface area contributed by atoms with Crippen LogP contribution in [0.25, 0.3) is 0 Å². The van der Waals surface area contributed by atoms with Crippen molar-refractivity contribution in [1.82, 2.24) is 0 Å². The van der Waals surface area contributed by atoms with Gasteiger partial charge in [0, 0.05) is 0 Å². The van der Waals surface area contributed by atoms with Crippen molar-refractivity contribution >= 4 is 35.8 Å². The van der Waals surface area contributed by atoms with E-state index >= 15 is 0 Å². The van der Waals surface area contributed by atoms with E-state index in [4.69, 9.17) is 29.9 Å². The highest BCUT2D eigenvalue weighted by Crippen LogP contribution is 2.19. The molecular formula is C20H30O14. The minimum Gasteiger partial charge on any atom is -0.481 e. The van der Waals surface area contributed by atoms with Crippen molar-refractivity contribution in [3.8, 4) is 0 Å². The van der Waals surface area contributed by atoms with Crippen LogP contribution in [-0.2, 0) is 38.2 Å². The van der Waals surface area contributed by atoms with Gasteiger partial charge in [-0.05, 0) is 26.2 Å². The van der Waals surface area contributed by atoms with Crippen molar-refractivity contribution < 1.29 is 68.9 Å². The third-order valence-corrected chi connectivity index (χ3v) is 4.66. The zero-order valence-corrected chi connectivity index (χ0v) is 18.6. The Morgan fingerprint density at radius 2 is 1.12 bits per heavy atom. The Hall–Kier alpha value is -3.26. The molecule has 0 spiro atoms. The van der Waals surface area contributed by atoms with Gasteiger partial charge in [-0.3, -0.25) is 19.2 Å². The Balaban J connectivity index is 4.18. The predicted molar refractivity (Wildman–Crippen MR) is 109 cm³/mol. The molecule has 0 heterocycles. The molecule has 0 fully saturated rings. The van der Waals surface area contributed by atoms with E-state index in [2.05, 4.69) is 0 Å². The molecule has 0 aliphatic carbocycles. The molecule has 0 aromatic rings. The first-order valence-electron chi connectivity index (χ1n) is 10.3. The van der Waals surface area contributed by atoms with Gasteiger partial charge in [-0.1, -0.05) is 12.8 Å². The minimum atomic E-state index is -2.77. The predicted octanol–water partition coefficient (Wildman–Crippen LogP) is -0.227. The van der Waals surface area contributed by atoms with Gasteiger partial charge in [0.1, 0.15) is 0 Å². The number of carbonyl (C=O) groups is 6. The summed E-state index contributed by atoms with van der Waals surface area (Å²) in [6, 6.07) is 0. The molecular weight excluding hydrogens is 464 g/mol. The number of carboxylic acids is 4. The van der Waals surface area contributed by atoms with E-state index in [0.29, 0.717) is 32.1 Å². The zero-order valence-electron chi connectivity index (χ0n) is 18.6. The number of hydrogen-bond donors (Lipinski definition) is 6. The highest BCUT2D eigenvalue weighted by atomic mass is 16.5. The lowest BCUT2D eigenvalue weighted by Gasteiger charge is -2.21. The van der Waals surface area contributed by atoms with Gasteiger partial charge < -0.3 is 40.1 Å². The summed E-state index contributed by atoms with van der Waals surface area (Å²) >= 11 is 0. The molecule has 0 rings (SSSR count). The maximum atomic E-state index is 11.8. The first kappa shape index (κ1) is 30.7. The Labute approximate surface area is 194 Å². The maximum Gasteiger partial charge on any atom is 0.336 e. The van der Waals surface area contributed by atoms with Gasteiger partial charge in [-0.15, -0.1) is 0 Å². The lowest BCUT2D eigenvalue weighted by molar-refractivity contribution is -0.173. The van der Waals surface area contributed by atoms with E-state index in [-0.39, 0.29) is 6.61 Å². The fourth-order valence-corrected chi connectivity index (χ4v) is 2.85. The van der Waals surface area contributed by atoms with Crippen LogP contribution in [0.1, 0.15) is 64.7 Å². The van der Waals surface area contributed by atoms with Crippen molar-refractivity contribution in [3.05, 3.63) is 0 Å². The standard InChI is InChI=1S/C20H30O14/c1-12(34-16(26)11-20(32,18(29)30)9-14(23)24)6-4-2-3-5-7-33-15(25)10-19(31,17(27)28)8-13(21)22/h12,31-32H,2-11H2,1H3,(H,21,22)(H,23,24)(H,27,28)(H,29,30). The molecule has 194 valence electrons. The lowest BCUT2D eigenvalue weighted by Crippen LogP contribution is -2.43. The number of rotatable bonds is 18. The first-order valence-corrected chi connectivity index (χ1v) is 10.3. The van der Waals surface area contributed by atoms with Crippen LogP contribution in [0.5, 0.6) is 0 Å². The molecule has 0 radical (unpaired) electrons. The van der Waals surface area contributed by atoms with Crippen molar-refractivity contribution in [1.29, 1.82) is 0 Å². The number of carbonyl (C=O) groups excluding carboxylic acids is 2. The number of unbranched alkanes of at least 4 members (excludes halogenated alkanes) is 3. The fourth-order valence-electron chi connectivity index (χ4n) is 2.85. The summed E-state index contributed by atoms with van der Waals surface area (Å²) in [4.78, 5) is 66.8. The van der Waals surface area contributed by atoms with Crippen LogP contribution >= 0.6 is 0 Å². The third-order valence-electron chi connectivity index (χ3n) is 4.66. The molecule has 0 saturated carbocycles. The average molecular weight is 494 g/mol. The van der Waals surface area contributed by atoms with Gasteiger partial charge in [-0.25, -0.2) is 9.59 Å². The summed E-state index contributed by atoms with van der Waals surface area (Å²) < 4.78 is 9.80. The van der Waals surface area contributed by atoms with E-state index in [1.807, 2.05) is 0 Å². The van der Waals surface area contributed by atoms with Gasteiger partial charge in [-0.2, -0.15) is 0 Å². The van der Waals surface area contributed by atoms with Crippen molar-refractivity contribution in [2.45, 2.75) is 82.0 Å². The monoisotopic (exact) mass is 494 g/mol. The molecule has 0 aliphatic rings. The fraction of sp³-hybridized carbons (Fsp3) is 0.700. The largest absolute Gasteiger partial charge is 0.481 e. The lowest BCUT2D eigenvalue weighted by atomic mass is 9.96. The molecule has 14 nitrogen and oxygen atoms in total. The molecule has 34 heavy (non-hydrogen) atoms. The number of aliphatic carboxylic acids is 4. The zero-order chi connectivity index (χ0) is 26.5. The van der Waals surface area contributed by atoms with Crippen LogP contribution in [0.15, 0.2) is 0 Å². The average Bonchev–Trinajstić information content (AvgIpc) is 2.65. The number of carboxylic acid groups (broad SMARTS) is 4. The summed E-state index contributed by atoms with van der Waals surface area (Å²) in [5.74, 6) is -9.00. The van der Waals surface area contributed by atoms with Gasteiger partial charge >= 0.3 is 35.8 Å². The normalized spacial score (nSPS) is 15.3. The number of esters is 2. The Bertz CT molecular complexity index is 762. The summed E-state index contributed by atoms with van der Waals surface area (Å²) in [5.41, 5.74) is -5.53.